The van der Waals surface area contributed by atoms with E-state index in [0.29, 0.717) is 21.4 Å². The summed E-state index contributed by atoms with van der Waals surface area (Å²) in [7, 11) is 0. The van der Waals surface area contributed by atoms with E-state index in [4.69, 9.17) is 27.9 Å². The number of carbonyl (C=O) groups is 1. The van der Waals surface area contributed by atoms with E-state index < -0.39 is 10.8 Å². The molecule has 0 aliphatic carbocycles. The van der Waals surface area contributed by atoms with Crippen LogP contribution in [0.1, 0.15) is 11.1 Å². The van der Waals surface area contributed by atoms with Crippen molar-refractivity contribution in [3.05, 3.63) is 86.1 Å². The zero-order valence-electron chi connectivity index (χ0n) is 15.4. The molecule has 1 aromatic heterocycles. The molecule has 0 saturated heterocycles. The topological polar surface area (TPSA) is 112 Å². The van der Waals surface area contributed by atoms with Crippen molar-refractivity contribution in [1.82, 2.24) is 15.2 Å². The average molecular weight is 448 g/mol. The van der Waals surface area contributed by atoms with Gasteiger partial charge in [-0.3, -0.25) is 19.6 Å². The summed E-state index contributed by atoms with van der Waals surface area (Å²) in [5.41, 5.74) is 3.58. The number of amides is 1. The number of hydrogen-bond acceptors (Lipinski definition) is 6. The molecule has 0 atom stereocenters. The summed E-state index contributed by atoms with van der Waals surface area (Å²) < 4.78 is 6.85. The maximum atomic E-state index is 11.8. The fraction of sp³-hybridized carbons (Fsp3) is 0.105. The van der Waals surface area contributed by atoms with Gasteiger partial charge in [0.25, 0.3) is 5.91 Å². The molecule has 0 fully saturated rings. The summed E-state index contributed by atoms with van der Waals surface area (Å²) >= 11 is 12.2. The Morgan fingerprint density at radius 2 is 1.93 bits per heavy atom. The van der Waals surface area contributed by atoms with Crippen molar-refractivity contribution in [2.24, 2.45) is 5.10 Å². The van der Waals surface area contributed by atoms with Gasteiger partial charge in [0.2, 0.25) is 0 Å². The molecule has 9 nitrogen and oxygen atoms in total. The molecule has 30 heavy (non-hydrogen) atoms. The van der Waals surface area contributed by atoms with Crippen molar-refractivity contribution in [3.8, 4) is 5.75 Å². The van der Waals surface area contributed by atoms with E-state index in [-0.39, 0.29) is 18.8 Å². The second-order valence-corrected chi connectivity index (χ2v) is 6.82. The van der Waals surface area contributed by atoms with E-state index in [1.165, 1.54) is 6.21 Å². The normalized spacial score (nSPS) is 10.9. The molecule has 1 amide bonds. The quantitative estimate of drug-likeness (QED) is 0.320. The molecule has 3 aromatic rings. The number of ether oxygens (including phenoxy) is 1. The highest BCUT2D eigenvalue weighted by molar-refractivity contribution is 6.35. The van der Waals surface area contributed by atoms with Crippen LogP contribution in [0.2, 0.25) is 10.0 Å². The highest BCUT2D eigenvalue weighted by atomic mass is 35.5. The van der Waals surface area contributed by atoms with Crippen LogP contribution in [0.5, 0.6) is 5.75 Å². The molecule has 0 aliphatic rings. The first-order valence-corrected chi connectivity index (χ1v) is 9.32. The van der Waals surface area contributed by atoms with Crippen molar-refractivity contribution >= 4 is 41.0 Å². The third-order valence-corrected chi connectivity index (χ3v) is 4.57. The highest BCUT2D eigenvalue weighted by Gasteiger charge is 2.10. The van der Waals surface area contributed by atoms with Crippen molar-refractivity contribution in [3.63, 3.8) is 0 Å². The SMILES string of the molecule is O=C(Cn1cc([N+](=O)[O-])cn1)NN=Cc1ccc(OCc2c(Cl)cccc2Cl)cc1. The summed E-state index contributed by atoms with van der Waals surface area (Å²) in [5.74, 6) is 0.147. The lowest BCUT2D eigenvalue weighted by Gasteiger charge is -2.09. The number of rotatable bonds is 8. The molecular weight excluding hydrogens is 433 g/mol. The van der Waals surface area contributed by atoms with Crippen LogP contribution in [0, 0.1) is 10.1 Å². The van der Waals surface area contributed by atoms with Gasteiger partial charge in [0, 0.05) is 15.6 Å². The molecule has 0 radical (unpaired) electrons. The first-order valence-electron chi connectivity index (χ1n) is 8.57. The van der Waals surface area contributed by atoms with Crippen molar-refractivity contribution < 1.29 is 14.5 Å². The average Bonchev–Trinajstić information content (AvgIpc) is 3.17. The lowest BCUT2D eigenvalue weighted by Crippen LogP contribution is -2.23. The minimum atomic E-state index is -0.587. The largest absolute Gasteiger partial charge is 0.489 e. The third kappa shape index (κ3) is 5.79. The summed E-state index contributed by atoms with van der Waals surface area (Å²) in [6.45, 7) is 0.0379. The number of nitrogens with zero attached hydrogens (tertiary/aromatic N) is 4. The smallest absolute Gasteiger partial charge is 0.307 e. The lowest BCUT2D eigenvalue weighted by molar-refractivity contribution is -0.385. The van der Waals surface area contributed by atoms with Crippen molar-refractivity contribution in [1.29, 1.82) is 0 Å². The Hall–Kier alpha value is -3.43. The molecule has 0 saturated carbocycles. The van der Waals surface area contributed by atoms with Gasteiger partial charge >= 0.3 is 5.69 Å². The van der Waals surface area contributed by atoms with E-state index in [1.807, 2.05) is 0 Å². The van der Waals surface area contributed by atoms with Gasteiger partial charge in [0.05, 0.1) is 11.1 Å². The van der Waals surface area contributed by atoms with E-state index >= 15 is 0 Å². The number of hydrazone groups is 1. The van der Waals surface area contributed by atoms with Crippen LogP contribution in [-0.4, -0.2) is 26.8 Å². The van der Waals surface area contributed by atoms with Gasteiger partial charge in [-0.05, 0) is 42.0 Å². The number of benzene rings is 2. The Balaban J connectivity index is 1.49. The molecule has 0 spiro atoms. The zero-order valence-corrected chi connectivity index (χ0v) is 16.9. The minimum absolute atomic E-state index is 0.189. The van der Waals surface area contributed by atoms with Gasteiger partial charge in [-0.2, -0.15) is 10.2 Å². The standard InChI is InChI=1S/C19H15Cl2N5O4/c20-17-2-1-3-18(21)16(17)12-30-15-6-4-13(5-7-15)8-22-24-19(27)11-25-10-14(9-23-25)26(28)29/h1-10H,11-12H2,(H,24,27). The van der Waals surface area contributed by atoms with Gasteiger partial charge in [0.1, 0.15) is 31.3 Å². The maximum Gasteiger partial charge on any atom is 0.307 e. The maximum absolute atomic E-state index is 11.8. The Labute approximate surface area is 181 Å². The van der Waals surface area contributed by atoms with Crippen LogP contribution in [0.3, 0.4) is 0 Å². The summed E-state index contributed by atoms with van der Waals surface area (Å²) in [5, 5.41) is 19.3. The zero-order chi connectivity index (χ0) is 21.5. The number of nitrogens with one attached hydrogen (secondary N) is 1. The summed E-state index contributed by atoms with van der Waals surface area (Å²) in [4.78, 5) is 21.8. The summed E-state index contributed by atoms with van der Waals surface area (Å²) in [6.07, 6.45) is 3.69. The van der Waals surface area contributed by atoms with Gasteiger partial charge < -0.3 is 4.74 Å². The Kier molecular flexibility index (Phi) is 6.99. The van der Waals surface area contributed by atoms with Crippen LogP contribution in [0.15, 0.2) is 60.0 Å². The molecule has 0 unspecified atom stereocenters. The molecule has 0 bridgehead atoms. The Morgan fingerprint density at radius 1 is 1.23 bits per heavy atom. The van der Waals surface area contributed by atoms with E-state index in [0.717, 1.165) is 22.6 Å². The van der Waals surface area contributed by atoms with Gasteiger partial charge in [0.15, 0.2) is 0 Å². The summed E-state index contributed by atoms with van der Waals surface area (Å²) in [6, 6.07) is 12.3. The van der Waals surface area contributed by atoms with E-state index in [9.17, 15) is 14.9 Å². The first kappa shape index (κ1) is 21.3. The molecule has 11 heteroatoms. The Bertz CT molecular complexity index is 1060. The third-order valence-electron chi connectivity index (χ3n) is 3.86. The van der Waals surface area contributed by atoms with Gasteiger partial charge in [-0.1, -0.05) is 29.3 Å². The van der Waals surface area contributed by atoms with Crippen LogP contribution in [0.4, 0.5) is 5.69 Å². The van der Waals surface area contributed by atoms with Gasteiger partial charge in [-0.15, -0.1) is 0 Å². The molecule has 0 aliphatic heterocycles. The van der Waals surface area contributed by atoms with E-state index in [1.54, 1.807) is 42.5 Å². The van der Waals surface area contributed by atoms with Gasteiger partial charge in [-0.25, -0.2) is 5.43 Å². The molecule has 1 N–H and O–H groups in total. The molecule has 2 aromatic carbocycles. The first-order chi connectivity index (χ1) is 14.4. The molecule has 154 valence electrons. The predicted molar refractivity (Wildman–Crippen MR) is 112 cm³/mol. The van der Waals surface area contributed by atoms with Crippen molar-refractivity contribution in [2.75, 3.05) is 0 Å². The molecule has 1 heterocycles. The highest BCUT2D eigenvalue weighted by Crippen LogP contribution is 2.25. The van der Waals surface area contributed by atoms with Crippen LogP contribution in [0.25, 0.3) is 0 Å². The predicted octanol–water partition coefficient (Wildman–Crippen LogP) is 3.83. The Morgan fingerprint density at radius 3 is 2.57 bits per heavy atom. The second kappa shape index (κ2) is 9.86. The van der Waals surface area contributed by atoms with E-state index in [2.05, 4.69) is 15.6 Å². The number of aromatic nitrogens is 2. The fourth-order valence-electron chi connectivity index (χ4n) is 2.37. The molecule has 3 rings (SSSR count). The number of halogens is 2. The van der Waals surface area contributed by atoms with Crippen LogP contribution in [-0.2, 0) is 17.9 Å². The minimum Gasteiger partial charge on any atom is -0.489 e. The number of hydrogen-bond donors (Lipinski definition) is 1. The lowest BCUT2D eigenvalue weighted by atomic mass is 10.2. The number of carbonyl (C=O) groups excluding carboxylic acids is 1. The number of nitro groups is 1. The monoisotopic (exact) mass is 447 g/mol. The molecular formula is C19H15Cl2N5O4. The second-order valence-electron chi connectivity index (χ2n) is 6.00. The fourth-order valence-corrected chi connectivity index (χ4v) is 2.88. The van der Waals surface area contributed by atoms with Crippen LogP contribution < -0.4 is 10.2 Å². The van der Waals surface area contributed by atoms with Crippen molar-refractivity contribution in [2.45, 2.75) is 13.2 Å². The van der Waals surface area contributed by atoms with Crippen LogP contribution >= 0.6 is 23.2 Å².